The Bertz CT molecular complexity index is 419. The summed E-state index contributed by atoms with van der Waals surface area (Å²) in [5.41, 5.74) is -0.914. The van der Waals surface area contributed by atoms with Crippen LogP contribution in [0.2, 0.25) is 0 Å². The van der Waals surface area contributed by atoms with E-state index in [1.54, 1.807) is 0 Å². The molecule has 0 atom stereocenters. The summed E-state index contributed by atoms with van der Waals surface area (Å²) in [7, 11) is 0. The molecule has 2 nitrogen and oxygen atoms in total. The number of nitrogens with one attached hydrogen (secondary N) is 1. The minimum Gasteiger partial charge on any atom is -0.445 e. The van der Waals surface area contributed by atoms with Gasteiger partial charge in [0, 0.05) is 0 Å². The Labute approximate surface area is 87.5 Å². The molecule has 0 unspecified atom stereocenters. The number of anilines is 1. The first-order valence-electron chi connectivity index (χ1n) is 4.42. The van der Waals surface area contributed by atoms with Gasteiger partial charge in [0.1, 0.15) is 12.3 Å². The Morgan fingerprint density at radius 2 is 1.94 bits per heavy atom. The van der Waals surface area contributed by atoms with Crippen molar-refractivity contribution in [2.45, 2.75) is 6.11 Å². The van der Waals surface area contributed by atoms with Crippen LogP contribution in [0.4, 0.5) is 27.4 Å². The predicted molar refractivity (Wildman–Crippen MR) is 49.2 cm³/mol. The maximum absolute atomic E-state index is 12.7. The van der Waals surface area contributed by atoms with Crippen molar-refractivity contribution in [1.82, 2.24) is 0 Å². The molecule has 1 aliphatic heterocycles. The van der Waals surface area contributed by atoms with E-state index in [9.17, 15) is 21.7 Å². The number of halogens is 5. The summed E-state index contributed by atoms with van der Waals surface area (Å²) in [5.74, 6) is -0.278. The zero-order valence-electron chi connectivity index (χ0n) is 7.81. The van der Waals surface area contributed by atoms with Crippen LogP contribution < -0.4 is 15.5 Å². The molecule has 0 bridgehead atoms. The van der Waals surface area contributed by atoms with Crippen molar-refractivity contribution < 1.29 is 26.5 Å². The Balaban J connectivity index is 2.36. The summed E-state index contributed by atoms with van der Waals surface area (Å²) in [6, 6.07) is 2.38. The average Bonchev–Trinajstić information content (AvgIpc) is 2.14. The molecule has 0 saturated heterocycles. The SMILES string of the molecule is F[B-](F)(F)c1ccc2c(c1)NCC(F)(F)O2. The molecule has 16 heavy (non-hydrogen) atoms. The Kier molecular flexibility index (Phi) is 2.25. The van der Waals surface area contributed by atoms with E-state index in [0.29, 0.717) is 0 Å². The van der Waals surface area contributed by atoms with E-state index in [4.69, 9.17) is 0 Å². The van der Waals surface area contributed by atoms with Crippen LogP contribution in [0.1, 0.15) is 0 Å². The molecule has 88 valence electrons. The van der Waals surface area contributed by atoms with Gasteiger partial charge in [0.15, 0.2) is 0 Å². The zero-order chi connectivity index (χ0) is 12.0. The summed E-state index contributed by atoms with van der Waals surface area (Å²) < 4.78 is 66.7. The molecule has 1 aromatic carbocycles. The second kappa shape index (κ2) is 3.26. The smallest absolute Gasteiger partial charge is 0.445 e. The molecule has 8 heteroatoms. The van der Waals surface area contributed by atoms with E-state index >= 15 is 0 Å². The lowest BCUT2D eigenvalue weighted by molar-refractivity contribution is -0.166. The predicted octanol–water partition coefficient (Wildman–Crippen LogP) is 2.14. The number of ether oxygens (including phenoxy) is 1. The third-order valence-electron chi connectivity index (χ3n) is 2.13. The highest BCUT2D eigenvalue weighted by molar-refractivity contribution is 6.73. The number of hydrogen-bond acceptors (Lipinski definition) is 2. The second-order valence-electron chi connectivity index (χ2n) is 3.42. The third-order valence-corrected chi connectivity index (χ3v) is 2.13. The lowest BCUT2D eigenvalue weighted by Crippen LogP contribution is -2.39. The maximum Gasteiger partial charge on any atom is 0.509 e. The van der Waals surface area contributed by atoms with Crippen molar-refractivity contribution >= 4 is 18.1 Å². The number of hydrogen-bond donors (Lipinski definition) is 1. The van der Waals surface area contributed by atoms with Gasteiger partial charge in [-0.25, -0.2) is 0 Å². The second-order valence-corrected chi connectivity index (χ2v) is 3.42. The Morgan fingerprint density at radius 3 is 2.56 bits per heavy atom. The number of fused-ring (bicyclic) bond motifs is 1. The van der Waals surface area contributed by atoms with Crippen molar-refractivity contribution in [3.8, 4) is 5.75 Å². The van der Waals surface area contributed by atoms with Crippen molar-refractivity contribution in [2.24, 2.45) is 0 Å². The molecule has 0 radical (unpaired) electrons. The lowest BCUT2D eigenvalue weighted by Gasteiger charge is -2.28. The summed E-state index contributed by atoms with van der Waals surface area (Å²) in [5, 5.41) is 2.20. The van der Waals surface area contributed by atoms with Crippen molar-refractivity contribution in [3.63, 3.8) is 0 Å². The van der Waals surface area contributed by atoms with Gasteiger partial charge < -0.3 is 23.0 Å². The van der Waals surface area contributed by atoms with Crippen LogP contribution >= 0.6 is 0 Å². The van der Waals surface area contributed by atoms with Crippen LogP contribution in [0, 0.1) is 0 Å². The van der Waals surface area contributed by atoms with Crippen LogP contribution in [-0.2, 0) is 0 Å². The summed E-state index contributed by atoms with van der Waals surface area (Å²) in [4.78, 5) is 0. The molecule has 0 spiro atoms. The van der Waals surface area contributed by atoms with Gasteiger partial charge in [-0.05, 0) is 6.07 Å². The molecule has 0 fully saturated rings. The quantitative estimate of drug-likeness (QED) is 0.597. The molecule has 0 amide bonds. The van der Waals surface area contributed by atoms with Crippen LogP contribution in [0.15, 0.2) is 18.2 Å². The molecule has 1 aromatic rings. The maximum atomic E-state index is 12.7. The molecule has 1 aliphatic rings. The highest BCUT2D eigenvalue weighted by Crippen LogP contribution is 2.34. The molecular weight excluding hydrogens is 232 g/mol. The van der Waals surface area contributed by atoms with Gasteiger partial charge in [-0.1, -0.05) is 12.1 Å². The van der Waals surface area contributed by atoms with Gasteiger partial charge >= 0.3 is 13.1 Å². The number of rotatable bonds is 1. The van der Waals surface area contributed by atoms with Crippen LogP contribution in [-0.4, -0.2) is 19.6 Å². The van der Waals surface area contributed by atoms with Crippen molar-refractivity contribution in [1.29, 1.82) is 0 Å². The fourth-order valence-electron chi connectivity index (χ4n) is 1.37. The standard InChI is InChI=1S/C8H6BF5NO/c10-8(11)4-15-6-3-5(9(12,13)14)1-2-7(6)16-8/h1-3,15H,4H2/q-1. The number of benzene rings is 1. The molecule has 1 heterocycles. The van der Waals surface area contributed by atoms with E-state index in [0.717, 1.165) is 18.2 Å². The molecule has 1 N–H and O–H groups in total. The van der Waals surface area contributed by atoms with Gasteiger partial charge in [-0.15, -0.1) is 5.46 Å². The van der Waals surface area contributed by atoms with Gasteiger partial charge in [-0.2, -0.15) is 8.78 Å². The van der Waals surface area contributed by atoms with Crippen molar-refractivity contribution in [2.75, 3.05) is 11.9 Å². The van der Waals surface area contributed by atoms with Gasteiger partial charge in [-0.3, -0.25) is 0 Å². The molecule has 0 aliphatic carbocycles. The minimum absolute atomic E-state index is 0.0670. The van der Waals surface area contributed by atoms with Gasteiger partial charge in [0.2, 0.25) is 0 Å². The van der Waals surface area contributed by atoms with Crippen LogP contribution in [0.25, 0.3) is 0 Å². The highest BCUT2D eigenvalue weighted by Gasteiger charge is 2.37. The van der Waals surface area contributed by atoms with E-state index in [1.807, 2.05) is 0 Å². The normalized spacial score (nSPS) is 18.3. The number of alkyl halides is 2. The molecular formula is C8H6BF5NO-. The van der Waals surface area contributed by atoms with E-state index in [2.05, 4.69) is 10.1 Å². The summed E-state index contributed by atoms with van der Waals surface area (Å²) in [6.07, 6.45) is -3.39. The first kappa shape index (κ1) is 11.0. The summed E-state index contributed by atoms with van der Waals surface area (Å²) >= 11 is 0. The minimum atomic E-state index is -5.14. The largest absolute Gasteiger partial charge is 0.509 e. The Morgan fingerprint density at radius 1 is 1.25 bits per heavy atom. The van der Waals surface area contributed by atoms with Crippen LogP contribution in [0.3, 0.4) is 0 Å². The highest BCUT2D eigenvalue weighted by atomic mass is 19.4. The zero-order valence-corrected chi connectivity index (χ0v) is 7.81. The third kappa shape index (κ3) is 2.05. The van der Waals surface area contributed by atoms with E-state index in [-0.39, 0.29) is 11.4 Å². The van der Waals surface area contributed by atoms with Gasteiger partial charge in [0.25, 0.3) is 0 Å². The van der Waals surface area contributed by atoms with E-state index in [1.165, 1.54) is 0 Å². The molecule has 0 saturated carbocycles. The van der Waals surface area contributed by atoms with E-state index < -0.39 is 25.1 Å². The average molecular weight is 238 g/mol. The van der Waals surface area contributed by atoms with Gasteiger partial charge in [0.05, 0.1) is 5.69 Å². The molecule has 0 aromatic heterocycles. The Hall–Kier alpha value is -1.47. The monoisotopic (exact) mass is 238 g/mol. The fourth-order valence-corrected chi connectivity index (χ4v) is 1.37. The van der Waals surface area contributed by atoms with Crippen molar-refractivity contribution in [3.05, 3.63) is 18.2 Å². The lowest BCUT2D eigenvalue weighted by atomic mass is 9.80. The van der Waals surface area contributed by atoms with Crippen LogP contribution in [0.5, 0.6) is 5.75 Å². The topological polar surface area (TPSA) is 21.3 Å². The first-order chi connectivity index (χ1) is 7.28. The first-order valence-corrected chi connectivity index (χ1v) is 4.42. The molecule has 2 rings (SSSR count). The summed E-state index contributed by atoms with van der Waals surface area (Å²) in [6.45, 7) is -5.98. The fraction of sp³-hybridized carbons (Fsp3) is 0.250.